The number of nitrogens with two attached hydrogens (primary N) is 2. The van der Waals surface area contributed by atoms with E-state index in [2.05, 4.69) is 72.2 Å². The molecule has 6 aromatic rings. The molecule has 0 saturated carbocycles. The highest BCUT2D eigenvalue weighted by molar-refractivity contribution is 6.63. The number of azo groups is 2. The highest BCUT2D eigenvalue weighted by atomic mass is 35.6. The minimum Gasteiger partial charge on any atom is -0.368 e. The maximum absolute atomic E-state index is 13.0. The van der Waals surface area contributed by atoms with Gasteiger partial charge >= 0.3 is 12.1 Å². The SMILES string of the molecule is CCCCCCNC(=O)NCCN(CCNC(=O)NCCCCCC)c1ccc(N=Nc2ccc(C)cc2)cc1.Cc1ccc(N=Nc2ccc(N(CCN3C(=O)c4ccccc4C3=O)CCN3C(=O)c4ccccc4C3=O)cc2)cc1.ClC(Cl)Cl.F.NN.[3HH]. The number of fused-ring (bicyclic) bond motifs is 2. The number of hydrogen-bond donors (Lipinski definition) is 6. The van der Waals surface area contributed by atoms with Crippen LogP contribution < -0.4 is 42.8 Å². The second-order valence-corrected chi connectivity index (χ2v) is 22.4. The van der Waals surface area contributed by atoms with E-state index in [1.165, 1.54) is 41.0 Å². The molecule has 8 rings (SSSR count). The van der Waals surface area contributed by atoms with E-state index in [1.807, 2.05) is 116 Å². The van der Waals surface area contributed by atoms with Gasteiger partial charge in [-0.2, -0.15) is 20.5 Å². The minimum absolute atomic E-state index is 0. The van der Waals surface area contributed by atoms with Gasteiger partial charge in [0.2, 0.25) is 0 Å². The Balaban J connectivity index is 0.000000424. The van der Waals surface area contributed by atoms with Gasteiger partial charge in [-0.25, -0.2) is 9.59 Å². The highest BCUT2D eigenvalue weighted by Crippen LogP contribution is 2.28. The maximum atomic E-state index is 13.0. The number of alkyl halides is 3. The second-order valence-electron chi connectivity index (χ2n) is 20.4. The van der Waals surface area contributed by atoms with Crippen molar-refractivity contribution in [1.29, 1.82) is 0 Å². The first-order chi connectivity index (χ1) is 42.6. The summed E-state index contributed by atoms with van der Waals surface area (Å²) in [7, 11) is 0. The van der Waals surface area contributed by atoms with Crippen molar-refractivity contribution in [2.45, 2.75) is 83.4 Å². The molecule has 2 heterocycles. The summed E-state index contributed by atoms with van der Waals surface area (Å²) in [4.78, 5) is 82.8. The summed E-state index contributed by atoms with van der Waals surface area (Å²) in [6.07, 6.45) is 8.97. The number of nitrogens with zero attached hydrogens (tertiary/aromatic N) is 8. The number of imide groups is 2. The van der Waals surface area contributed by atoms with E-state index in [0.717, 1.165) is 59.7 Å². The molecule has 8 N–H and O–H groups in total. The largest absolute Gasteiger partial charge is 0.368 e. The fraction of sp³-hybridized carbons (Fsp3) is 0.354. The molecule has 0 bridgehead atoms. The smallest absolute Gasteiger partial charge is 0.314 e. The number of benzene rings is 6. The number of urea groups is 2. The highest BCUT2D eigenvalue weighted by Gasteiger charge is 2.37. The number of nitrogens with one attached hydrogen (secondary N) is 4. The predicted octanol–water partition coefficient (Wildman–Crippen LogP) is 14.0. The molecule has 20 nitrogen and oxygen atoms in total. The molecule has 0 aliphatic carbocycles. The van der Waals surface area contributed by atoms with Gasteiger partial charge in [-0.1, -0.05) is 147 Å². The molecule has 0 aromatic heterocycles. The summed E-state index contributed by atoms with van der Waals surface area (Å²) in [6, 6.07) is 44.1. The molecule has 2 aliphatic rings. The van der Waals surface area contributed by atoms with Gasteiger partial charge in [0.1, 0.15) is 0 Å². The van der Waals surface area contributed by atoms with Crippen LogP contribution in [0.15, 0.2) is 166 Å². The standard InChI is InChI=1S/C33H27N5O4.C31H49N7O2.CHCl3.FH.H4N2.H2/c1-22-10-12-23(13-11-22)34-35-24-14-16-25(17-15-24)36(18-20-37-30(39)26-6-2-3-7-27(26)31(37)40)19-21-38-32(41)28-8-4-5-9-29(28)33(38)42;1-4-6-8-10-20-32-30(39)34-22-24-38(25-23-35-31(40)33-21-11-9-7-5-2)29-18-16-28(17-19-29)37-36-27-14-12-26(3)13-15-27;2-1(3)4;;1-2;/h2-17H,18-21H2,1H3;12-19H,4-11,20-25H2,1-3H3,(H2,32,34,39)(H2,33,35,40);1H;1H;1-2H2;1H/i;;;;;1+2. The van der Waals surface area contributed by atoms with Crippen molar-refractivity contribution in [3.8, 4) is 0 Å². The van der Waals surface area contributed by atoms with Gasteiger partial charge in [0, 0.05) is 78.2 Å². The van der Waals surface area contributed by atoms with Crippen LogP contribution in [0.2, 0.25) is 0 Å². The van der Waals surface area contributed by atoms with Crippen LogP contribution >= 0.6 is 34.8 Å². The van der Waals surface area contributed by atoms with Gasteiger partial charge < -0.3 is 31.1 Å². The van der Waals surface area contributed by atoms with E-state index in [-0.39, 0.29) is 54.9 Å². The fourth-order valence-electron chi connectivity index (χ4n) is 9.22. The third-order valence-electron chi connectivity index (χ3n) is 14.0. The van der Waals surface area contributed by atoms with Crippen LogP contribution in [-0.2, 0) is 0 Å². The van der Waals surface area contributed by atoms with E-state index in [0.29, 0.717) is 80.3 Å². The predicted molar refractivity (Wildman–Crippen MR) is 357 cm³/mol. The molecule has 0 atom stereocenters. The van der Waals surface area contributed by atoms with Crippen molar-refractivity contribution in [2.75, 3.05) is 75.2 Å². The maximum Gasteiger partial charge on any atom is 0.314 e. The molecular formula is C65H84Cl3FN14O6. The normalized spacial score (nSPS) is 12.1. The van der Waals surface area contributed by atoms with Gasteiger partial charge in [-0.15, -0.1) is 0 Å². The summed E-state index contributed by atoms with van der Waals surface area (Å²) >= 11 is 14.4. The number of hydrogen-bond acceptors (Lipinski definition) is 14. The van der Waals surface area contributed by atoms with Crippen molar-refractivity contribution in [3.63, 3.8) is 0 Å². The fourth-order valence-corrected chi connectivity index (χ4v) is 9.22. The molecule has 0 spiro atoms. The third kappa shape index (κ3) is 24.6. The lowest BCUT2D eigenvalue weighted by Gasteiger charge is -2.28. The van der Waals surface area contributed by atoms with Crippen LogP contribution in [0.3, 0.4) is 0 Å². The van der Waals surface area contributed by atoms with Crippen LogP contribution in [0.4, 0.5) is 48.4 Å². The van der Waals surface area contributed by atoms with Crippen LogP contribution in [0, 0.1) is 13.8 Å². The summed E-state index contributed by atoms with van der Waals surface area (Å²) in [5.41, 5.74) is 8.62. The van der Waals surface area contributed by atoms with Gasteiger partial charge in [0.15, 0.2) is 4.30 Å². The number of amides is 8. The second kappa shape index (κ2) is 40.3. The van der Waals surface area contributed by atoms with E-state index in [9.17, 15) is 28.8 Å². The van der Waals surface area contributed by atoms with Crippen LogP contribution in [0.25, 0.3) is 0 Å². The zero-order valence-corrected chi connectivity index (χ0v) is 53.2. The quantitative estimate of drug-likeness (QED) is 0.00675. The molecule has 0 radical (unpaired) electrons. The third-order valence-corrected chi connectivity index (χ3v) is 14.0. The Hall–Kier alpha value is -8.34. The van der Waals surface area contributed by atoms with Gasteiger partial charge in [0.25, 0.3) is 23.6 Å². The van der Waals surface area contributed by atoms with Crippen LogP contribution in [0.5, 0.6) is 0 Å². The number of unbranched alkanes of at least 4 members (excludes halogenated alkanes) is 6. The molecule has 6 aromatic carbocycles. The van der Waals surface area contributed by atoms with Crippen molar-refractivity contribution < 1.29 is 34.9 Å². The van der Waals surface area contributed by atoms with Gasteiger partial charge in [0.05, 0.1) is 45.0 Å². The zero-order valence-electron chi connectivity index (χ0n) is 50.9. The van der Waals surface area contributed by atoms with Crippen molar-refractivity contribution in [2.24, 2.45) is 32.1 Å². The molecule has 2 aliphatic heterocycles. The zero-order chi connectivity index (χ0) is 63.6. The van der Waals surface area contributed by atoms with Crippen LogP contribution in [0.1, 0.15) is 119 Å². The molecular weight excluding hydrogens is 1200 g/mol. The van der Waals surface area contributed by atoms with E-state index >= 15 is 0 Å². The monoisotopic (exact) mass is 1280 g/mol. The Bertz CT molecular complexity index is 3040. The molecule has 478 valence electrons. The van der Waals surface area contributed by atoms with Crippen LogP contribution in [-0.4, -0.2) is 115 Å². The Labute approximate surface area is 537 Å². The van der Waals surface area contributed by atoms with E-state index < -0.39 is 4.30 Å². The molecule has 0 unspecified atom stereocenters. The first-order valence-corrected chi connectivity index (χ1v) is 30.8. The lowest BCUT2D eigenvalue weighted by atomic mass is 10.1. The number of anilines is 2. The minimum atomic E-state index is -0.750. The summed E-state index contributed by atoms with van der Waals surface area (Å²) in [6.45, 7) is 12.8. The Morgan fingerprint density at radius 3 is 1.00 bits per heavy atom. The molecule has 8 amide bonds. The average Bonchev–Trinajstić information content (AvgIpc) is 1.71. The summed E-state index contributed by atoms with van der Waals surface area (Å²) in [5.74, 6) is 6.68. The van der Waals surface area contributed by atoms with Crippen molar-refractivity contribution in [3.05, 3.63) is 179 Å². The van der Waals surface area contributed by atoms with Gasteiger partial charge in [-0.3, -0.25) is 45.4 Å². The molecule has 89 heavy (non-hydrogen) atoms. The lowest BCUT2D eigenvalue weighted by molar-refractivity contribution is 0.0650. The number of carbonyl (C=O) groups excluding carboxylic acids is 6. The van der Waals surface area contributed by atoms with E-state index in [1.54, 1.807) is 48.5 Å². The summed E-state index contributed by atoms with van der Waals surface area (Å²) < 4.78 is -0.750. The van der Waals surface area contributed by atoms with Crippen molar-refractivity contribution in [1.82, 2.24) is 31.1 Å². The topological polar surface area (TPSA) is 265 Å². The first-order valence-electron chi connectivity index (χ1n) is 29.5. The summed E-state index contributed by atoms with van der Waals surface area (Å²) in [5, 5.41) is 29.0. The number of hydrazine groups is 1. The Kier molecular flexibility index (Phi) is 33.1. The first kappa shape index (κ1) is 73.1. The molecule has 0 saturated heterocycles. The van der Waals surface area contributed by atoms with E-state index in [4.69, 9.17) is 34.8 Å². The van der Waals surface area contributed by atoms with Gasteiger partial charge in [-0.05, 0) is 124 Å². The molecule has 24 heteroatoms. The molecule has 0 fully saturated rings. The Morgan fingerprint density at radius 1 is 0.438 bits per heavy atom. The number of carbonyl (C=O) groups is 6. The lowest BCUT2D eigenvalue weighted by Crippen LogP contribution is -2.44. The average molecular weight is 1280 g/mol. The number of aryl methyl sites for hydroxylation is 2. The Morgan fingerprint density at radius 2 is 0.708 bits per heavy atom. The number of halogens is 4. The van der Waals surface area contributed by atoms with Crippen molar-refractivity contribution >= 4 is 105 Å². The number of rotatable bonds is 28.